The predicted molar refractivity (Wildman–Crippen MR) is 91.5 cm³/mol. The van der Waals surface area contributed by atoms with Gasteiger partial charge < -0.3 is 24.7 Å². The Morgan fingerprint density at radius 1 is 1.33 bits per heavy atom. The van der Waals surface area contributed by atoms with Gasteiger partial charge in [-0.15, -0.1) is 0 Å². The molecule has 0 saturated carbocycles. The summed E-state index contributed by atoms with van der Waals surface area (Å²) in [5, 5.41) is 13.6. The van der Waals surface area contributed by atoms with Crippen LogP contribution in [0.25, 0.3) is 11.0 Å². The number of guanidine groups is 1. The van der Waals surface area contributed by atoms with Gasteiger partial charge in [0.2, 0.25) is 5.88 Å². The number of aromatic nitrogens is 2. The molecule has 2 heterocycles. The zero-order chi connectivity index (χ0) is 17.7. The predicted octanol–water partition coefficient (Wildman–Crippen LogP) is 1.39. The largest absolute Gasteiger partial charge is 0.481 e. The van der Waals surface area contributed by atoms with Crippen LogP contribution < -0.4 is 15.4 Å². The summed E-state index contributed by atoms with van der Waals surface area (Å²) in [5.74, 6) is 0.192. The highest BCUT2D eigenvalue weighted by Gasteiger charge is 2.24. The molecule has 0 amide bonds. The molecule has 8 nitrogen and oxygen atoms in total. The maximum atomic E-state index is 12.4. The summed E-state index contributed by atoms with van der Waals surface area (Å²) in [6.45, 7) is 4.89. The van der Waals surface area contributed by atoms with Crippen molar-refractivity contribution in [1.82, 2.24) is 20.2 Å². The molecule has 0 radical (unpaired) electrons. The Bertz CT molecular complexity index is 754. The van der Waals surface area contributed by atoms with Crippen molar-refractivity contribution < 1.29 is 14.3 Å². The first-order valence-electron chi connectivity index (χ1n) is 7.79. The van der Waals surface area contributed by atoms with E-state index in [2.05, 4.69) is 15.6 Å². The van der Waals surface area contributed by atoms with Crippen LogP contribution >= 0.6 is 0 Å². The van der Waals surface area contributed by atoms with Gasteiger partial charge in [-0.1, -0.05) is 0 Å². The fraction of sp³-hybridized carbons (Fsp3) is 0.438. The van der Waals surface area contributed by atoms with Crippen molar-refractivity contribution in [3.63, 3.8) is 0 Å². The number of carbonyl (C=O) groups is 1. The topological polar surface area (TPSA) is 101 Å². The number of hydrogen-bond donors (Lipinski definition) is 3. The minimum absolute atomic E-state index is 0.197. The number of nitrogens with one attached hydrogen (secondary N) is 3. The normalized spacial score (nSPS) is 10.5. The second kappa shape index (κ2) is 7.67. The summed E-state index contributed by atoms with van der Waals surface area (Å²) >= 11 is 0. The molecule has 0 fully saturated rings. The Morgan fingerprint density at radius 2 is 2.08 bits per heavy atom. The quantitative estimate of drug-likeness (QED) is 0.419. The Balaban J connectivity index is 2.50. The van der Waals surface area contributed by atoms with E-state index in [9.17, 15) is 4.79 Å². The smallest absolute Gasteiger partial charge is 0.342 e. The van der Waals surface area contributed by atoms with Crippen LogP contribution in [0.15, 0.2) is 12.1 Å². The molecule has 2 aromatic rings. The fourth-order valence-corrected chi connectivity index (χ4v) is 2.49. The molecule has 0 unspecified atom stereocenters. The molecular formula is C16H23N5O3. The molecule has 24 heavy (non-hydrogen) atoms. The molecule has 0 aliphatic carbocycles. The van der Waals surface area contributed by atoms with Gasteiger partial charge in [0.05, 0.1) is 31.5 Å². The van der Waals surface area contributed by atoms with Gasteiger partial charge in [0.15, 0.2) is 5.96 Å². The summed E-state index contributed by atoms with van der Waals surface area (Å²) in [7, 11) is 3.38. The van der Waals surface area contributed by atoms with Crippen molar-refractivity contribution in [2.75, 3.05) is 20.3 Å². The zero-order valence-electron chi connectivity index (χ0n) is 14.4. The van der Waals surface area contributed by atoms with E-state index in [0.717, 1.165) is 5.52 Å². The van der Waals surface area contributed by atoms with E-state index in [1.807, 2.05) is 24.6 Å². The van der Waals surface area contributed by atoms with E-state index in [0.29, 0.717) is 35.7 Å². The monoisotopic (exact) mass is 333 g/mol. The first kappa shape index (κ1) is 17.6. The highest BCUT2D eigenvalue weighted by Crippen LogP contribution is 2.26. The van der Waals surface area contributed by atoms with Crippen LogP contribution in [0.5, 0.6) is 5.88 Å². The Hall–Kier alpha value is -2.77. The molecular weight excluding hydrogens is 310 g/mol. The third-order valence-electron chi connectivity index (χ3n) is 3.61. The average molecular weight is 333 g/mol. The van der Waals surface area contributed by atoms with Crippen LogP contribution in [0.1, 0.15) is 29.9 Å². The molecule has 0 aliphatic heterocycles. The Morgan fingerprint density at radius 3 is 2.71 bits per heavy atom. The lowest BCUT2D eigenvalue weighted by Gasteiger charge is -2.11. The maximum absolute atomic E-state index is 12.4. The summed E-state index contributed by atoms with van der Waals surface area (Å²) in [4.78, 5) is 16.9. The van der Waals surface area contributed by atoms with Crippen molar-refractivity contribution in [2.24, 2.45) is 7.05 Å². The van der Waals surface area contributed by atoms with Gasteiger partial charge in [0.1, 0.15) is 11.1 Å². The van der Waals surface area contributed by atoms with Gasteiger partial charge >= 0.3 is 5.97 Å². The first-order chi connectivity index (χ1) is 11.5. The molecule has 0 aromatic carbocycles. The van der Waals surface area contributed by atoms with Crippen LogP contribution in [0.2, 0.25) is 0 Å². The Kier molecular flexibility index (Phi) is 5.62. The molecule has 0 bridgehead atoms. The van der Waals surface area contributed by atoms with E-state index < -0.39 is 5.97 Å². The lowest BCUT2D eigenvalue weighted by atomic mass is 10.2. The molecule has 0 aliphatic rings. The number of hydrogen-bond acceptors (Lipinski definition) is 5. The van der Waals surface area contributed by atoms with E-state index in [4.69, 9.17) is 14.9 Å². The van der Waals surface area contributed by atoms with Gasteiger partial charge in [-0.3, -0.25) is 5.41 Å². The average Bonchev–Trinajstić information content (AvgIpc) is 2.85. The number of esters is 1. The lowest BCUT2D eigenvalue weighted by Crippen LogP contribution is -2.36. The molecule has 2 rings (SSSR count). The van der Waals surface area contributed by atoms with Gasteiger partial charge in [0, 0.05) is 19.7 Å². The Labute approximate surface area is 140 Å². The van der Waals surface area contributed by atoms with Crippen molar-refractivity contribution in [1.29, 1.82) is 5.41 Å². The van der Waals surface area contributed by atoms with E-state index in [-0.39, 0.29) is 12.6 Å². The van der Waals surface area contributed by atoms with Gasteiger partial charge in [-0.05, 0) is 19.9 Å². The van der Waals surface area contributed by atoms with E-state index in [1.165, 1.54) is 7.11 Å². The highest BCUT2D eigenvalue weighted by atomic mass is 16.5. The van der Waals surface area contributed by atoms with Crippen molar-refractivity contribution in [3.05, 3.63) is 23.4 Å². The number of methoxy groups -OCH3 is 1. The molecule has 130 valence electrons. The van der Waals surface area contributed by atoms with Crippen LogP contribution in [0.4, 0.5) is 0 Å². The van der Waals surface area contributed by atoms with E-state index in [1.54, 1.807) is 13.0 Å². The highest BCUT2D eigenvalue weighted by molar-refractivity contribution is 6.04. The lowest BCUT2D eigenvalue weighted by molar-refractivity contribution is 0.0526. The van der Waals surface area contributed by atoms with Gasteiger partial charge in [-0.25, -0.2) is 9.78 Å². The number of carbonyl (C=O) groups excluding carboxylic acids is 1. The van der Waals surface area contributed by atoms with E-state index >= 15 is 0 Å². The molecule has 0 spiro atoms. The number of fused-ring (bicyclic) bond motifs is 1. The molecule has 3 N–H and O–H groups in total. The number of ether oxygens (including phenoxy) is 2. The minimum Gasteiger partial charge on any atom is -0.481 e. The summed E-state index contributed by atoms with van der Waals surface area (Å²) < 4.78 is 12.2. The number of rotatable bonds is 6. The van der Waals surface area contributed by atoms with Crippen molar-refractivity contribution >= 4 is 23.0 Å². The van der Waals surface area contributed by atoms with Crippen molar-refractivity contribution in [2.45, 2.75) is 20.4 Å². The number of nitrogens with zero attached hydrogens (tertiary/aromatic N) is 2. The molecule has 0 atom stereocenters. The molecule has 0 saturated heterocycles. The summed E-state index contributed by atoms with van der Waals surface area (Å²) in [6, 6.07) is 3.60. The van der Waals surface area contributed by atoms with Crippen molar-refractivity contribution in [3.8, 4) is 5.88 Å². The standard InChI is InChI=1S/C16H23N5O3/c1-5-18-16(17)19-9-11-13(15(22)24-6-2)14-10(21(11)3)7-8-12(20-14)23-4/h7-8H,5-6,9H2,1-4H3,(H3,17,18,19). The minimum atomic E-state index is -0.435. The number of aryl methyl sites for hydroxylation is 1. The summed E-state index contributed by atoms with van der Waals surface area (Å²) in [5.41, 5.74) is 2.42. The van der Waals surface area contributed by atoms with Crippen LogP contribution in [-0.2, 0) is 18.3 Å². The van der Waals surface area contributed by atoms with Crippen LogP contribution in [-0.4, -0.2) is 41.7 Å². The third-order valence-corrected chi connectivity index (χ3v) is 3.61. The van der Waals surface area contributed by atoms with Crippen LogP contribution in [0, 0.1) is 5.41 Å². The first-order valence-corrected chi connectivity index (χ1v) is 7.79. The second-order valence-electron chi connectivity index (χ2n) is 5.08. The summed E-state index contributed by atoms with van der Waals surface area (Å²) in [6.07, 6.45) is 0. The molecule has 8 heteroatoms. The van der Waals surface area contributed by atoms with Gasteiger partial charge in [-0.2, -0.15) is 0 Å². The van der Waals surface area contributed by atoms with Gasteiger partial charge in [0.25, 0.3) is 0 Å². The zero-order valence-corrected chi connectivity index (χ0v) is 14.4. The second-order valence-corrected chi connectivity index (χ2v) is 5.08. The van der Waals surface area contributed by atoms with Crippen LogP contribution in [0.3, 0.4) is 0 Å². The number of pyridine rings is 1. The fourth-order valence-electron chi connectivity index (χ4n) is 2.49. The SMILES string of the molecule is CCNC(=N)NCc1c(C(=O)OCC)c2nc(OC)ccc2n1C. The maximum Gasteiger partial charge on any atom is 0.342 e. The third kappa shape index (κ3) is 3.42. The molecule has 2 aromatic heterocycles.